The Labute approximate surface area is 109 Å². The number of hydrogen-bond acceptors (Lipinski definition) is 2. The van der Waals surface area contributed by atoms with Crippen LogP contribution < -0.4 is 5.32 Å². The van der Waals surface area contributed by atoms with Crippen LogP contribution >= 0.6 is 0 Å². The monoisotopic (exact) mass is 251 g/mol. The normalized spacial score (nSPS) is 43.4. The van der Waals surface area contributed by atoms with E-state index in [-0.39, 0.29) is 12.1 Å². The Kier molecular flexibility index (Phi) is 3.13. The Morgan fingerprint density at radius 1 is 1.06 bits per heavy atom. The second kappa shape index (κ2) is 4.52. The summed E-state index contributed by atoms with van der Waals surface area (Å²) in [5.41, 5.74) is 0. The first-order valence-electron chi connectivity index (χ1n) is 7.53. The molecule has 18 heavy (non-hydrogen) atoms. The topological polar surface area (TPSA) is 49.3 Å². The van der Waals surface area contributed by atoms with Crippen molar-refractivity contribution >= 4 is 5.97 Å². The van der Waals surface area contributed by atoms with Gasteiger partial charge in [0.05, 0.1) is 0 Å². The molecule has 2 N–H and O–H groups in total. The predicted octanol–water partition coefficient (Wildman–Crippen LogP) is 2.51. The molecule has 4 aliphatic rings. The molecule has 0 saturated heterocycles. The van der Waals surface area contributed by atoms with Gasteiger partial charge in [0.15, 0.2) is 0 Å². The highest BCUT2D eigenvalue weighted by Gasteiger charge is 2.52. The number of hydrogen-bond donors (Lipinski definition) is 2. The number of nitrogens with one attached hydrogen (secondary N) is 1. The third-order valence-electron chi connectivity index (χ3n) is 5.46. The van der Waals surface area contributed by atoms with Gasteiger partial charge in [-0.2, -0.15) is 0 Å². The summed E-state index contributed by atoms with van der Waals surface area (Å²) in [6, 6.07) is -0.0664. The first-order valence-corrected chi connectivity index (χ1v) is 7.53. The van der Waals surface area contributed by atoms with Crippen molar-refractivity contribution in [3.8, 4) is 0 Å². The van der Waals surface area contributed by atoms with Crippen LogP contribution in [-0.2, 0) is 4.79 Å². The molecular formula is C15H25NO2. The van der Waals surface area contributed by atoms with Gasteiger partial charge in [0.1, 0.15) is 6.04 Å². The van der Waals surface area contributed by atoms with Crippen LogP contribution in [0.4, 0.5) is 0 Å². The van der Waals surface area contributed by atoms with Crippen LogP contribution in [0, 0.1) is 29.6 Å². The van der Waals surface area contributed by atoms with Crippen molar-refractivity contribution in [2.75, 3.05) is 0 Å². The maximum Gasteiger partial charge on any atom is 0.321 e. The summed E-state index contributed by atoms with van der Waals surface area (Å²) in [5, 5.41) is 12.9. The number of carboxylic acids is 1. The molecule has 3 nitrogen and oxygen atoms in total. The molecule has 0 radical (unpaired) electrons. The largest absolute Gasteiger partial charge is 0.480 e. The second-order valence-corrected chi connectivity index (χ2v) is 7.15. The lowest BCUT2D eigenvalue weighted by atomic mass is 9.50. The first kappa shape index (κ1) is 12.5. The fraction of sp³-hybridized carbons (Fsp3) is 0.933. The zero-order valence-corrected chi connectivity index (χ0v) is 11.4. The molecule has 0 spiro atoms. The van der Waals surface area contributed by atoms with Crippen LogP contribution in [0.2, 0.25) is 0 Å². The molecule has 0 aromatic carbocycles. The lowest BCUT2D eigenvalue weighted by molar-refractivity contribution is -0.147. The molecular weight excluding hydrogens is 226 g/mol. The average molecular weight is 251 g/mol. The van der Waals surface area contributed by atoms with E-state index >= 15 is 0 Å². The van der Waals surface area contributed by atoms with Crippen LogP contribution in [0.15, 0.2) is 0 Å². The van der Waals surface area contributed by atoms with Crippen molar-refractivity contribution in [1.29, 1.82) is 0 Å². The zero-order valence-electron chi connectivity index (χ0n) is 11.4. The van der Waals surface area contributed by atoms with Gasteiger partial charge in [-0.3, -0.25) is 4.79 Å². The van der Waals surface area contributed by atoms with E-state index in [0.717, 1.165) is 11.8 Å². The van der Waals surface area contributed by atoms with E-state index < -0.39 is 5.97 Å². The highest BCUT2D eigenvalue weighted by molar-refractivity contribution is 5.74. The zero-order chi connectivity index (χ0) is 12.9. The van der Waals surface area contributed by atoms with Gasteiger partial charge in [0, 0.05) is 6.04 Å². The number of aliphatic carboxylic acids is 1. The van der Waals surface area contributed by atoms with Gasteiger partial charge in [-0.05, 0) is 61.7 Å². The summed E-state index contributed by atoms with van der Waals surface area (Å²) in [5.74, 6) is 2.93. The summed E-state index contributed by atoms with van der Waals surface area (Å²) in [7, 11) is 0. The van der Waals surface area contributed by atoms with Gasteiger partial charge in [0.2, 0.25) is 0 Å². The minimum Gasteiger partial charge on any atom is -0.480 e. The fourth-order valence-corrected chi connectivity index (χ4v) is 5.22. The van der Waals surface area contributed by atoms with Crippen LogP contribution in [0.1, 0.15) is 46.0 Å². The van der Waals surface area contributed by atoms with Crippen molar-refractivity contribution < 1.29 is 9.90 Å². The molecule has 0 heterocycles. The van der Waals surface area contributed by atoms with Gasteiger partial charge < -0.3 is 10.4 Å². The van der Waals surface area contributed by atoms with Gasteiger partial charge >= 0.3 is 5.97 Å². The van der Waals surface area contributed by atoms with E-state index in [9.17, 15) is 9.90 Å². The third-order valence-corrected chi connectivity index (χ3v) is 5.46. The van der Waals surface area contributed by atoms with Crippen molar-refractivity contribution in [2.24, 2.45) is 29.6 Å². The molecule has 4 bridgehead atoms. The van der Waals surface area contributed by atoms with E-state index in [1.54, 1.807) is 0 Å². The summed E-state index contributed by atoms with van der Waals surface area (Å²) in [6.07, 6.45) is 6.60. The van der Waals surface area contributed by atoms with E-state index in [2.05, 4.69) is 5.32 Å². The highest BCUT2D eigenvalue weighted by Crippen LogP contribution is 2.57. The predicted molar refractivity (Wildman–Crippen MR) is 70.2 cm³/mol. The van der Waals surface area contributed by atoms with E-state index in [0.29, 0.717) is 17.8 Å². The van der Waals surface area contributed by atoms with Crippen molar-refractivity contribution in [3.63, 3.8) is 0 Å². The molecule has 0 aromatic heterocycles. The lowest BCUT2D eigenvalue weighted by Crippen LogP contribution is -2.56. The molecule has 4 aliphatic carbocycles. The van der Waals surface area contributed by atoms with Gasteiger partial charge in [-0.15, -0.1) is 0 Å². The van der Waals surface area contributed by atoms with Gasteiger partial charge in [0.25, 0.3) is 0 Å². The molecule has 3 heteroatoms. The minimum absolute atomic E-state index is 0.253. The number of rotatable bonds is 4. The fourth-order valence-electron chi connectivity index (χ4n) is 5.22. The Morgan fingerprint density at radius 3 is 1.94 bits per heavy atom. The molecule has 0 aromatic rings. The van der Waals surface area contributed by atoms with Gasteiger partial charge in [-0.1, -0.05) is 13.8 Å². The Bertz CT molecular complexity index is 311. The molecule has 0 aliphatic heterocycles. The molecule has 4 rings (SSSR count). The lowest BCUT2D eigenvalue weighted by Gasteiger charge is -2.56. The molecule has 0 amide bonds. The van der Waals surface area contributed by atoms with Gasteiger partial charge in [-0.25, -0.2) is 0 Å². The second-order valence-electron chi connectivity index (χ2n) is 7.15. The van der Waals surface area contributed by atoms with Crippen LogP contribution in [0.25, 0.3) is 0 Å². The standard InChI is InChI=1S/C15H25NO2/c1-8(2)16-14(15(17)18)13-11-4-9-3-10(6-11)7-12(13)5-9/h8-14,16H,3-7H2,1-2H3,(H,17,18). The number of carbonyl (C=O) groups is 1. The molecule has 4 fully saturated rings. The molecule has 1 unspecified atom stereocenters. The smallest absolute Gasteiger partial charge is 0.321 e. The summed E-state index contributed by atoms with van der Waals surface area (Å²) >= 11 is 0. The average Bonchev–Trinajstić information content (AvgIpc) is 2.25. The number of carboxylic acid groups (broad SMARTS) is 1. The maximum atomic E-state index is 11.6. The minimum atomic E-state index is -0.638. The molecule has 4 saturated carbocycles. The highest BCUT2D eigenvalue weighted by atomic mass is 16.4. The van der Waals surface area contributed by atoms with Crippen LogP contribution in [0.3, 0.4) is 0 Å². The Balaban J connectivity index is 1.79. The quantitative estimate of drug-likeness (QED) is 0.807. The van der Waals surface area contributed by atoms with Crippen molar-refractivity contribution in [1.82, 2.24) is 5.32 Å². The van der Waals surface area contributed by atoms with E-state index in [1.807, 2.05) is 13.8 Å². The first-order chi connectivity index (χ1) is 8.54. The Hall–Kier alpha value is -0.570. The van der Waals surface area contributed by atoms with E-state index in [4.69, 9.17) is 0 Å². The summed E-state index contributed by atoms with van der Waals surface area (Å²) in [6.45, 7) is 4.10. The molecule has 102 valence electrons. The SMILES string of the molecule is CC(C)NC(C(=O)O)C1C2CC3CC(C2)CC1C3. The molecule has 1 atom stereocenters. The summed E-state index contributed by atoms with van der Waals surface area (Å²) < 4.78 is 0. The maximum absolute atomic E-state index is 11.6. The third kappa shape index (κ3) is 2.07. The van der Waals surface area contributed by atoms with Crippen molar-refractivity contribution in [2.45, 2.75) is 58.0 Å². The van der Waals surface area contributed by atoms with Crippen molar-refractivity contribution in [3.05, 3.63) is 0 Å². The van der Waals surface area contributed by atoms with E-state index in [1.165, 1.54) is 32.1 Å². The summed E-state index contributed by atoms with van der Waals surface area (Å²) in [4.78, 5) is 11.6. The van der Waals surface area contributed by atoms with Crippen LogP contribution in [0.5, 0.6) is 0 Å². The Morgan fingerprint density at radius 2 is 1.56 bits per heavy atom. The van der Waals surface area contributed by atoms with Crippen LogP contribution in [-0.4, -0.2) is 23.2 Å².